The van der Waals surface area contributed by atoms with E-state index >= 15 is 0 Å². The van der Waals surface area contributed by atoms with Gasteiger partial charge in [-0.2, -0.15) is 18.1 Å². The molecule has 19 heteroatoms. The van der Waals surface area contributed by atoms with E-state index < -0.39 is 22.3 Å². The van der Waals surface area contributed by atoms with Crippen molar-refractivity contribution in [2.45, 2.75) is 39.3 Å². The van der Waals surface area contributed by atoms with Crippen LogP contribution in [-0.4, -0.2) is 50.0 Å². The lowest BCUT2D eigenvalue weighted by molar-refractivity contribution is 0.0640. The second kappa shape index (κ2) is 13.8. The van der Waals surface area contributed by atoms with E-state index in [-0.39, 0.29) is 44.1 Å². The fourth-order valence-corrected chi connectivity index (χ4v) is 5.96. The first-order valence-corrected chi connectivity index (χ1v) is 16.2. The predicted octanol–water partition coefficient (Wildman–Crippen LogP) is 5.10. The van der Waals surface area contributed by atoms with Gasteiger partial charge in [-0.3, -0.25) is 9.29 Å². The van der Waals surface area contributed by atoms with Gasteiger partial charge in [0.2, 0.25) is 10.0 Å². The number of hydrogen-bond donors (Lipinski definition) is 1. The first-order chi connectivity index (χ1) is 21.1. The Labute approximate surface area is 275 Å². The Morgan fingerprint density at radius 1 is 0.978 bits per heavy atom. The second-order valence-corrected chi connectivity index (χ2v) is 12.9. The number of alkyl halides is 2. The summed E-state index contributed by atoms with van der Waals surface area (Å²) in [5, 5.41) is 8.67. The van der Waals surface area contributed by atoms with Crippen LogP contribution >= 0.6 is 46.4 Å². The number of nitrogens with zero attached hydrogens (tertiary/aromatic N) is 6. The molecule has 1 N–H and O–H groups in total. The van der Waals surface area contributed by atoms with Crippen molar-refractivity contribution in [2.24, 2.45) is 0 Å². The summed E-state index contributed by atoms with van der Waals surface area (Å²) in [6, 6.07) is 5.42. The van der Waals surface area contributed by atoms with Crippen LogP contribution in [0.1, 0.15) is 31.0 Å². The smallest absolute Gasteiger partial charge is 0.355 e. The maximum atomic E-state index is 12.8. The average Bonchev–Trinajstić information content (AvgIpc) is 3.44. The molecule has 45 heavy (non-hydrogen) atoms. The molecule has 0 unspecified atom stereocenters. The van der Waals surface area contributed by atoms with Gasteiger partial charge in [0.25, 0.3) is 0 Å². The largest absolute Gasteiger partial charge is 0.479 e. The standard InChI is InChI=1S/C15H13Cl2N3O2.C11H10Cl2F2N4O3S/c1-2-7-22-13-9-12(10(16)8-11(13)17)20-15(21)19-6-4-3-5-14(19)18-20;1-5-16-19(11(20)18(5)10(14)15)9-4-8(17-23(2,21)22)6(12)3-7(9)13/h1,8-9H,3-7H2;3-4,10,17H,1-2H3. The average molecular weight is 725 g/mol. The lowest BCUT2D eigenvalue weighted by Gasteiger charge is -2.10. The van der Waals surface area contributed by atoms with Crippen molar-refractivity contribution in [3.63, 3.8) is 0 Å². The van der Waals surface area contributed by atoms with E-state index in [0.717, 1.165) is 37.4 Å². The highest BCUT2D eigenvalue weighted by Gasteiger charge is 2.22. The summed E-state index contributed by atoms with van der Waals surface area (Å²) in [5.74, 6) is 3.28. The van der Waals surface area contributed by atoms with E-state index in [2.05, 4.69) is 20.8 Å². The van der Waals surface area contributed by atoms with Crippen molar-refractivity contribution < 1.29 is 21.9 Å². The van der Waals surface area contributed by atoms with Gasteiger partial charge in [0.15, 0.2) is 0 Å². The van der Waals surface area contributed by atoms with E-state index in [1.165, 1.54) is 23.7 Å². The van der Waals surface area contributed by atoms with E-state index in [1.54, 1.807) is 10.6 Å². The van der Waals surface area contributed by atoms with Crippen molar-refractivity contribution in [3.8, 4) is 29.5 Å². The minimum absolute atomic E-state index is 0.0257. The summed E-state index contributed by atoms with van der Waals surface area (Å²) in [5.41, 5.74) is -1.04. The van der Waals surface area contributed by atoms with E-state index in [4.69, 9.17) is 57.6 Å². The van der Waals surface area contributed by atoms with Crippen molar-refractivity contribution in [2.75, 3.05) is 17.6 Å². The zero-order chi connectivity index (χ0) is 33.2. The normalized spacial score (nSPS) is 12.7. The third-order valence-electron chi connectivity index (χ3n) is 6.25. The van der Waals surface area contributed by atoms with Crippen molar-refractivity contribution >= 4 is 62.1 Å². The molecule has 240 valence electrons. The maximum Gasteiger partial charge on any atom is 0.355 e. The summed E-state index contributed by atoms with van der Waals surface area (Å²) in [7, 11) is -3.65. The highest BCUT2D eigenvalue weighted by molar-refractivity contribution is 7.92. The first kappa shape index (κ1) is 34.3. The molecule has 0 radical (unpaired) electrons. The van der Waals surface area contributed by atoms with Crippen LogP contribution in [0.3, 0.4) is 0 Å². The minimum atomic E-state index is -3.65. The summed E-state index contributed by atoms with van der Waals surface area (Å²) < 4.78 is 59.6. The van der Waals surface area contributed by atoms with Crippen molar-refractivity contribution in [1.82, 2.24) is 28.7 Å². The molecule has 1 aliphatic heterocycles. The molecule has 0 amide bonds. The van der Waals surface area contributed by atoms with Gasteiger partial charge in [0, 0.05) is 19.0 Å². The first-order valence-electron chi connectivity index (χ1n) is 12.8. The molecule has 12 nitrogen and oxygen atoms in total. The van der Waals surface area contributed by atoms with Crippen LogP contribution in [0.15, 0.2) is 33.9 Å². The molecule has 0 atom stereocenters. The van der Waals surface area contributed by atoms with E-state index in [0.29, 0.717) is 32.7 Å². The van der Waals surface area contributed by atoms with Crippen LogP contribution in [0.5, 0.6) is 5.75 Å². The Balaban J connectivity index is 0.000000205. The Bertz CT molecular complexity index is 2030. The zero-order valence-corrected chi connectivity index (χ0v) is 27.2. The molecule has 1 aliphatic rings. The monoisotopic (exact) mass is 723 g/mol. The number of rotatable bonds is 7. The van der Waals surface area contributed by atoms with Crippen molar-refractivity contribution in [3.05, 3.63) is 77.0 Å². The Kier molecular flexibility index (Phi) is 10.6. The number of anilines is 1. The van der Waals surface area contributed by atoms with Gasteiger partial charge in [0.1, 0.15) is 24.0 Å². The summed E-state index contributed by atoms with van der Waals surface area (Å²) in [4.78, 5) is 24.5. The molecule has 2 aromatic carbocycles. The molecule has 2 aromatic heterocycles. The quantitative estimate of drug-likeness (QED) is 0.262. The van der Waals surface area contributed by atoms with Gasteiger partial charge < -0.3 is 4.74 Å². The van der Waals surface area contributed by atoms with Gasteiger partial charge in [-0.15, -0.1) is 16.6 Å². The number of benzene rings is 2. The Morgan fingerprint density at radius 2 is 1.60 bits per heavy atom. The fraction of sp³-hybridized carbons (Fsp3) is 0.308. The van der Waals surface area contributed by atoms with Crippen LogP contribution in [0, 0.1) is 19.3 Å². The van der Waals surface area contributed by atoms with Gasteiger partial charge in [-0.1, -0.05) is 52.3 Å². The number of fused-ring (bicyclic) bond motifs is 1. The van der Waals surface area contributed by atoms with Crippen molar-refractivity contribution in [1.29, 1.82) is 0 Å². The Morgan fingerprint density at radius 3 is 2.18 bits per heavy atom. The number of sulfonamides is 1. The molecule has 0 bridgehead atoms. The van der Waals surface area contributed by atoms with Gasteiger partial charge in [-0.25, -0.2) is 22.6 Å². The highest BCUT2D eigenvalue weighted by atomic mass is 35.5. The summed E-state index contributed by atoms with van der Waals surface area (Å²) >= 11 is 24.1. The topological polar surface area (TPSA) is 135 Å². The molecule has 5 rings (SSSR count). The number of halogens is 6. The van der Waals surface area contributed by atoms with Crippen LogP contribution < -0.4 is 20.8 Å². The summed E-state index contributed by atoms with van der Waals surface area (Å²) in [6.07, 6.45) is 8.87. The molecule has 0 fully saturated rings. The minimum Gasteiger partial charge on any atom is -0.479 e. The number of nitrogens with one attached hydrogen (secondary N) is 1. The zero-order valence-electron chi connectivity index (χ0n) is 23.4. The van der Waals surface area contributed by atoms with Gasteiger partial charge >= 0.3 is 17.9 Å². The van der Waals surface area contributed by atoms with Gasteiger partial charge in [-0.05, 0) is 38.0 Å². The molecule has 0 spiro atoms. The van der Waals surface area contributed by atoms with E-state index in [1.807, 2.05) is 0 Å². The third kappa shape index (κ3) is 7.64. The van der Waals surface area contributed by atoms with Crippen LogP contribution in [0.2, 0.25) is 20.1 Å². The molecule has 3 heterocycles. The molecular formula is C26H23Cl4F2N7O5S. The van der Waals surface area contributed by atoms with Crippen LogP contribution in [0.4, 0.5) is 14.5 Å². The number of hydrogen-bond acceptors (Lipinski definition) is 7. The van der Waals surface area contributed by atoms with Gasteiger partial charge in [0.05, 0.1) is 43.4 Å². The number of ether oxygens (including phenoxy) is 1. The van der Waals surface area contributed by atoms with Crippen LogP contribution in [-0.2, 0) is 23.0 Å². The molecule has 4 aromatic rings. The lowest BCUT2D eigenvalue weighted by Crippen LogP contribution is -2.26. The highest BCUT2D eigenvalue weighted by Crippen LogP contribution is 2.33. The Hall–Kier alpha value is -3.55. The fourth-order valence-electron chi connectivity index (χ4n) is 4.30. The lowest BCUT2D eigenvalue weighted by atomic mass is 10.2. The SMILES string of the molecule is C#CCOc1cc(-n2nc3n(c2=O)CCCC3)c(Cl)cc1Cl.Cc1nn(-c2cc(NS(C)(=O)=O)c(Cl)cc2Cl)c(=O)n1C(F)F. The predicted molar refractivity (Wildman–Crippen MR) is 167 cm³/mol. The number of terminal acetylenes is 1. The summed E-state index contributed by atoms with van der Waals surface area (Å²) in [6.45, 7) is -1.09. The molecule has 0 saturated carbocycles. The molecule has 0 saturated heterocycles. The number of aryl methyl sites for hydroxylation is 2. The third-order valence-corrected chi connectivity index (χ3v) is 8.05. The maximum absolute atomic E-state index is 12.8. The molecular weight excluding hydrogens is 702 g/mol. The molecule has 0 aliphatic carbocycles. The van der Waals surface area contributed by atoms with E-state index in [9.17, 15) is 26.8 Å². The second-order valence-electron chi connectivity index (χ2n) is 9.49. The van der Waals surface area contributed by atoms with Crippen LogP contribution in [0.25, 0.3) is 11.4 Å². The number of aromatic nitrogens is 6.